The van der Waals surface area contributed by atoms with Gasteiger partial charge in [-0.25, -0.2) is 13.6 Å². The third-order valence-corrected chi connectivity index (χ3v) is 6.06. The van der Waals surface area contributed by atoms with Crippen LogP contribution in [0, 0.1) is 18.6 Å². The van der Waals surface area contributed by atoms with Crippen LogP contribution >= 0.6 is 0 Å². The van der Waals surface area contributed by atoms with Crippen LogP contribution in [-0.4, -0.2) is 23.3 Å². The smallest absolute Gasteiger partial charge is 0.327 e. The minimum absolute atomic E-state index is 0.165. The molecule has 1 atom stereocenters. The number of anilines is 1. The summed E-state index contributed by atoms with van der Waals surface area (Å²) in [6, 6.07) is 17.1. The number of aryl methyl sites for hydroxylation is 1. The summed E-state index contributed by atoms with van der Waals surface area (Å²) in [5.41, 5.74) is 3.73. The van der Waals surface area contributed by atoms with Crippen LogP contribution in [0.5, 0.6) is 5.75 Å². The quantitative estimate of drug-likeness (QED) is 0.371. The second kappa shape index (κ2) is 9.26. The molecule has 4 aromatic rings. The number of carbonyl (C=O) groups is 1. The first-order chi connectivity index (χ1) is 17.4. The highest BCUT2D eigenvalue weighted by Crippen LogP contribution is 2.39. The van der Waals surface area contributed by atoms with Gasteiger partial charge >= 0.3 is 6.03 Å². The number of aromatic nitrogens is 2. The average molecular weight is 488 g/mol. The average Bonchev–Trinajstić information content (AvgIpc) is 3.36. The lowest BCUT2D eigenvalue weighted by Gasteiger charge is -2.35. The molecule has 5 rings (SSSR count). The van der Waals surface area contributed by atoms with Crippen LogP contribution in [0.2, 0.25) is 0 Å². The topological polar surface area (TPSA) is 80.5 Å². The molecule has 182 valence electrons. The highest BCUT2D eigenvalue weighted by atomic mass is 19.2. The van der Waals surface area contributed by atoms with Crippen molar-refractivity contribution < 1.29 is 22.8 Å². The van der Waals surface area contributed by atoms with E-state index in [-0.39, 0.29) is 11.6 Å². The highest BCUT2D eigenvalue weighted by Gasteiger charge is 2.36. The first-order valence-corrected chi connectivity index (χ1v) is 11.2. The number of nitrogens with one attached hydrogen (secondary N) is 1. The molecule has 0 spiro atoms. The Labute approximate surface area is 206 Å². The second-order valence-electron chi connectivity index (χ2n) is 8.38. The van der Waals surface area contributed by atoms with Crippen LogP contribution in [-0.2, 0) is 0 Å². The number of hydrogen-bond donors (Lipinski definition) is 1. The van der Waals surface area contributed by atoms with E-state index in [1.165, 1.54) is 11.0 Å². The van der Waals surface area contributed by atoms with E-state index in [1.807, 2.05) is 43.3 Å². The molecule has 1 aliphatic rings. The summed E-state index contributed by atoms with van der Waals surface area (Å²) in [5.74, 6) is -0.826. The largest absolute Gasteiger partial charge is 0.497 e. The van der Waals surface area contributed by atoms with Crippen molar-refractivity contribution in [3.05, 3.63) is 101 Å². The maximum Gasteiger partial charge on any atom is 0.327 e. The van der Waals surface area contributed by atoms with E-state index in [0.29, 0.717) is 28.4 Å². The molecular weight excluding hydrogens is 466 g/mol. The molecule has 1 N–H and O–H groups in total. The minimum atomic E-state index is -1.06. The SMILES string of the molecule is COc1ccc(-c2noc(C3=C(C)N(c4ccc(F)c(F)c4)C(=O)NC3c3ccc(C)cc3)n2)cc1. The molecule has 0 saturated heterocycles. The Hall–Kier alpha value is -4.53. The number of methoxy groups -OCH3 is 1. The van der Waals surface area contributed by atoms with Crippen molar-refractivity contribution >= 4 is 17.3 Å². The molecule has 0 aliphatic carbocycles. The number of allylic oxidation sites excluding steroid dienone is 1. The van der Waals surface area contributed by atoms with Crippen LogP contribution in [0.3, 0.4) is 0 Å². The Morgan fingerprint density at radius 3 is 2.36 bits per heavy atom. The van der Waals surface area contributed by atoms with Gasteiger partial charge in [-0.05, 0) is 55.8 Å². The van der Waals surface area contributed by atoms with Gasteiger partial charge in [0.2, 0.25) is 5.82 Å². The molecule has 0 radical (unpaired) electrons. The first kappa shape index (κ1) is 23.2. The molecule has 7 nitrogen and oxygen atoms in total. The third-order valence-electron chi connectivity index (χ3n) is 6.06. The van der Waals surface area contributed by atoms with E-state index in [4.69, 9.17) is 9.26 Å². The van der Waals surface area contributed by atoms with Gasteiger partial charge in [0.05, 0.1) is 24.4 Å². The Kier molecular flexibility index (Phi) is 5.97. The zero-order chi connectivity index (χ0) is 25.4. The van der Waals surface area contributed by atoms with Gasteiger partial charge in [0.1, 0.15) is 5.75 Å². The second-order valence-corrected chi connectivity index (χ2v) is 8.38. The van der Waals surface area contributed by atoms with E-state index < -0.39 is 23.7 Å². The summed E-state index contributed by atoms with van der Waals surface area (Å²) in [7, 11) is 1.58. The fourth-order valence-corrected chi connectivity index (χ4v) is 4.15. The van der Waals surface area contributed by atoms with Crippen molar-refractivity contribution in [2.45, 2.75) is 19.9 Å². The van der Waals surface area contributed by atoms with Crippen molar-refractivity contribution in [3.63, 3.8) is 0 Å². The summed E-state index contributed by atoms with van der Waals surface area (Å²) in [6.45, 7) is 3.67. The van der Waals surface area contributed by atoms with Gasteiger partial charge in [-0.15, -0.1) is 0 Å². The Morgan fingerprint density at radius 2 is 1.69 bits per heavy atom. The summed E-state index contributed by atoms with van der Waals surface area (Å²) in [5, 5.41) is 7.08. The minimum Gasteiger partial charge on any atom is -0.497 e. The van der Waals surface area contributed by atoms with E-state index in [9.17, 15) is 13.6 Å². The Morgan fingerprint density at radius 1 is 0.972 bits per heavy atom. The third kappa shape index (κ3) is 4.19. The number of ether oxygens (including phenoxy) is 1. The molecule has 2 heterocycles. The van der Waals surface area contributed by atoms with Crippen LogP contribution < -0.4 is 15.0 Å². The predicted molar refractivity (Wildman–Crippen MR) is 130 cm³/mol. The van der Waals surface area contributed by atoms with E-state index >= 15 is 0 Å². The van der Waals surface area contributed by atoms with Crippen LogP contribution in [0.4, 0.5) is 19.3 Å². The van der Waals surface area contributed by atoms with Gasteiger partial charge in [-0.3, -0.25) is 4.90 Å². The van der Waals surface area contributed by atoms with Crippen molar-refractivity contribution in [1.82, 2.24) is 15.5 Å². The van der Waals surface area contributed by atoms with Gasteiger partial charge in [-0.2, -0.15) is 4.98 Å². The zero-order valence-electron chi connectivity index (χ0n) is 19.8. The van der Waals surface area contributed by atoms with Gasteiger partial charge in [0.25, 0.3) is 5.89 Å². The lowest BCUT2D eigenvalue weighted by molar-refractivity contribution is 0.244. The molecule has 1 aliphatic heterocycles. The lowest BCUT2D eigenvalue weighted by atomic mass is 9.94. The van der Waals surface area contributed by atoms with Crippen molar-refractivity contribution in [2.24, 2.45) is 0 Å². The fraction of sp³-hybridized carbons (Fsp3) is 0.148. The lowest BCUT2D eigenvalue weighted by Crippen LogP contribution is -2.46. The van der Waals surface area contributed by atoms with Crippen molar-refractivity contribution in [1.29, 1.82) is 0 Å². The summed E-state index contributed by atoms with van der Waals surface area (Å²) < 4.78 is 38.5. The van der Waals surface area contributed by atoms with Gasteiger partial charge in [-0.1, -0.05) is 35.0 Å². The molecule has 2 amide bonds. The van der Waals surface area contributed by atoms with Gasteiger partial charge in [0.15, 0.2) is 11.6 Å². The predicted octanol–water partition coefficient (Wildman–Crippen LogP) is 6.03. The number of halogens is 2. The van der Waals surface area contributed by atoms with Crippen molar-refractivity contribution in [2.75, 3.05) is 12.0 Å². The zero-order valence-corrected chi connectivity index (χ0v) is 19.8. The molecule has 1 aromatic heterocycles. The van der Waals surface area contributed by atoms with Crippen LogP contribution in [0.1, 0.15) is 30.0 Å². The summed E-state index contributed by atoms with van der Waals surface area (Å²) in [6.07, 6.45) is 0. The van der Waals surface area contributed by atoms with Gasteiger partial charge in [0, 0.05) is 17.3 Å². The molecule has 1 unspecified atom stereocenters. The van der Waals surface area contributed by atoms with Gasteiger partial charge < -0.3 is 14.6 Å². The first-order valence-electron chi connectivity index (χ1n) is 11.2. The molecule has 0 bridgehead atoms. The fourth-order valence-electron chi connectivity index (χ4n) is 4.15. The van der Waals surface area contributed by atoms with E-state index in [1.54, 1.807) is 26.2 Å². The molecule has 9 heteroatoms. The molecule has 36 heavy (non-hydrogen) atoms. The normalized spacial score (nSPS) is 15.8. The Balaban J connectivity index is 1.64. The maximum atomic E-state index is 14.0. The molecule has 0 saturated carbocycles. The highest BCUT2D eigenvalue weighted by molar-refractivity contribution is 6.01. The van der Waals surface area contributed by atoms with Crippen LogP contribution in [0.25, 0.3) is 17.0 Å². The number of rotatable bonds is 5. The van der Waals surface area contributed by atoms with E-state index in [2.05, 4.69) is 15.5 Å². The molecule has 0 fully saturated rings. The Bertz CT molecular complexity index is 1460. The number of hydrogen-bond acceptors (Lipinski definition) is 5. The molecule has 3 aromatic carbocycles. The number of urea groups is 1. The number of carbonyl (C=O) groups excluding carboxylic acids is 1. The number of amides is 2. The number of nitrogens with zero attached hydrogens (tertiary/aromatic N) is 3. The van der Waals surface area contributed by atoms with Crippen molar-refractivity contribution in [3.8, 4) is 17.1 Å². The summed E-state index contributed by atoms with van der Waals surface area (Å²) in [4.78, 5) is 19.1. The molecular formula is C27H22F2N4O3. The maximum absolute atomic E-state index is 14.0. The van der Waals surface area contributed by atoms with Crippen LogP contribution in [0.15, 0.2) is 77.0 Å². The number of benzene rings is 3. The monoisotopic (exact) mass is 488 g/mol. The van der Waals surface area contributed by atoms with E-state index in [0.717, 1.165) is 23.3 Å². The summed E-state index contributed by atoms with van der Waals surface area (Å²) >= 11 is 0. The standard InChI is InChI=1S/C27H22F2N4O3/c1-15-4-6-17(7-5-15)24-23(26-31-25(32-36-26)18-8-11-20(35-3)12-9-18)16(2)33(27(34)30-24)19-10-13-21(28)22(29)14-19/h4-14,24H,1-3H3,(H,30,34).